The van der Waals surface area contributed by atoms with Crippen LogP contribution in [0.3, 0.4) is 0 Å². The van der Waals surface area contributed by atoms with E-state index >= 15 is 0 Å². The van der Waals surface area contributed by atoms with Gasteiger partial charge in [0.25, 0.3) is 0 Å². The number of hydrogen-bond acceptors (Lipinski definition) is 0. The van der Waals surface area contributed by atoms with Crippen molar-refractivity contribution in [3.63, 3.8) is 0 Å². The van der Waals surface area contributed by atoms with E-state index in [9.17, 15) is 0 Å². The zero-order chi connectivity index (χ0) is 4.28. The van der Waals surface area contributed by atoms with E-state index in [2.05, 4.69) is 0 Å². The van der Waals surface area contributed by atoms with E-state index in [1.54, 1.807) is 6.92 Å². The van der Waals surface area contributed by atoms with E-state index in [1.165, 1.54) is 0 Å². The average Bonchev–Trinajstić information content (AvgIpc) is 1.38. The molecule has 0 amide bonds. The first kappa shape index (κ1) is 4.85. The summed E-state index contributed by atoms with van der Waals surface area (Å²) in [5.74, 6) is 2.04. The fourth-order valence-electron chi connectivity index (χ4n) is 0. The first-order valence-corrected chi connectivity index (χ1v) is 1.77. The predicted molar refractivity (Wildman–Crippen MR) is 22.4 cm³/mol. The molecular formula is C4H4Cl. The summed E-state index contributed by atoms with van der Waals surface area (Å²) in [4.78, 5) is 0. The van der Waals surface area contributed by atoms with Crippen LogP contribution in [0.1, 0.15) is 6.92 Å². The summed E-state index contributed by atoms with van der Waals surface area (Å²) in [5.41, 5.74) is 0. The molecule has 1 heteroatoms. The smallest absolute Gasteiger partial charge is 0.0925 e. The topological polar surface area (TPSA) is 0 Å². The molecule has 0 saturated heterocycles. The number of hydrogen-bond donors (Lipinski definition) is 0. The van der Waals surface area contributed by atoms with Gasteiger partial charge in [-0.2, -0.15) is 0 Å². The molecule has 0 saturated carbocycles. The molecule has 5 heavy (non-hydrogen) atoms. The van der Waals surface area contributed by atoms with E-state index in [1.807, 2.05) is 5.92 Å². The molecule has 0 heterocycles. The molecule has 0 N–H and O–H groups in total. The van der Waals surface area contributed by atoms with Gasteiger partial charge < -0.3 is 0 Å². The first-order chi connectivity index (χ1) is 2.27. The van der Waals surface area contributed by atoms with Crippen molar-refractivity contribution in [2.24, 2.45) is 0 Å². The monoisotopic (exact) mass is 87.0 g/mol. The summed E-state index contributed by atoms with van der Waals surface area (Å²) in [6.07, 6.45) is 6.28. The predicted octanol–water partition coefficient (Wildman–Crippen LogP) is 1.20. The third kappa shape index (κ3) is 3.85. The lowest BCUT2D eigenvalue weighted by atomic mass is 10.5. The highest BCUT2D eigenvalue weighted by atomic mass is 35.5. The number of rotatable bonds is 0. The average molecular weight is 87.5 g/mol. The third-order valence-electron chi connectivity index (χ3n) is 0.199. The lowest BCUT2D eigenvalue weighted by Gasteiger charge is -1.76. The fraction of sp³-hybridized carbons (Fsp3) is 0.500. The normalized spacial score (nSPS) is 13.0. The minimum Gasteiger partial charge on any atom is -0.109 e. The molecule has 1 unspecified atom stereocenters. The van der Waals surface area contributed by atoms with Crippen LogP contribution in [0.25, 0.3) is 0 Å². The summed E-state index contributed by atoms with van der Waals surface area (Å²) in [5, 5.41) is -0.227. The molecule has 27 valence electrons. The van der Waals surface area contributed by atoms with Gasteiger partial charge in [0.1, 0.15) is 0 Å². The SMILES string of the molecule is [C]#CC(C)Cl. The summed E-state index contributed by atoms with van der Waals surface area (Å²) < 4.78 is 0. The van der Waals surface area contributed by atoms with Crippen molar-refractivity contribution in [3.8, 4) is 5.92 Å². The molecule has 0 aliphatic carbocycles. The fourth-order valence-corrected chi connectivity index (χ4v) is 0. The van der Waals surface area contributed by atoms with Crippen LogP contribution in [0.5, 0.6) is 0 Å². The standard InChI is InChI=1S/C4H4Cl/c1-3-4(2)5/h4H,2H3. The second kappa shape index (κ2) is 2.11. The summed E-state index contributed by atoms with van der Waals surface area (Å²) in [7, 11) is 0. The van der Waals surface area contributed by atoms with Crippen molar-refractivity contribution in [2.75, 3.05) is 0 Å². The van der Waals surface area contributed by atoms with Gasteiger partial charge in [0.15, 0.2) is 0 Å². The Morgan fingerprint density at radius 1 is 2.00 bits per heavy atom. The van der Waals surface area contributed by atoms with Crippen molar-refractivity contribution < 1.29 is 0 Å². The van der Waals surface area contributed by atoms with Crippen LogP contribution in [-0.4, -0.2) is 5.38 Å². The zero-order valence-electron chi connectivity index (χ0n) is 2.96. The Labute approximate surface area is 37.1 Å². The second-order valence-electron chi connectivity index (χ2n) is 0.760. The molecule has 0 spiro atoms. The molecule has 0 aromatic heterocycles. The molecule has 0 bridgehead atoms. The Bertz CT molecular complexity index is 49.2. The molecule has 0 nitrogen and oxygen atoms in total. The quantitative estimate of drug-likeness (QED) is 0.308. The van der Waals surface area contributed by atoms with Crippen LogP contribution in [0, 0.1) is 12.3 Å². The molecule has 0 aromatic carbocycles. The molecule has 1 atom stereocenters. The van der Waals surface area contributed by atoms with E-state index in [0.717, 1.165) is 0 Å². The Hall–Kier alpha value is -0.150. The van der Waals surface area contributed by atoms with Gasteiger partial charge in [-0.15, -0.1) is 11.6 Å². The summed E-state index contributed by atoms with van der Waals surface area (Å²) in [6, 6.07) is 0. The van der Waals surface area contributed by atoms with Crippen molar-refractivity contribution in [2.45, 2.75) is 12.3 Å². The molecule has 0 rings (SSSR count). The van der Waals surface area contributed by atoms with Crippen LogP contribution in [0.15, 0.2) is 0 Å². The van der Waals surface area contributed by atoms with Crippen molar-refractivity contribution in [1.29, 1.82) is 0 Å². The number of alkyl halides is 1. The van der Waals surface area contributed by atoms with Gasteiger partial charge in [-0.1, -0.05) is 5.92 Å². The highest BCUT2D eigenvalue weighted by Gasteiger charge is 1.78. The van der Waals surface area contributed by atoms with Gasteiger partial charge in [-0.05, 0) is 13.3 Å². The van der Waals surface area contributed by atoms with E-state index in [4.69, 9.17) is 18.0 Å². The highest BCUT2D eigenvalue weighted by molar-refractivity contribution is 6.22. The summed E-state index contributed by atoms with van der Waals surface area (Å²) in [6.45, 7) is 1.69. The van der Waals surface area contributed by atoms with E-state index in [0.29, 0.717) is 0 Å². The van der Waals surface area contributed by atoms with Gasteiger partial charge in [-0.3, -0.25) is 0 Å². The molecule has 0 aliphatic heterocycles. The van der Waals surface area contributed by atoms with Crippen molar-refractivity contribution >= 4 is 11.6 Å². The Morgan fingerprint density at radius 2 is 2.20 bits per heavy atom. The highest BCUT2D eigenvalue weighted by Crippen LogP contribution is 1.85. The Morgan fingerprint density at radius 3 is 2.20 bits per heavy atom. The minimum absolute atomic E-state index is 0.227. The largest absolute Gasteiger partial charge is 0.109 e. The lowest BCUT2D eigenvalue weighted by Crippen LogP contribution is -1.77. The molecule has 1 radical (unpaired) electrons. The zero-order valence-corrected chi connectivity index (χ0v) is 3.71. The van der Waals surface area contributed by atoms with Crippen molar-refractivity contribution in [3.05, 3.63) is 6.42 Å². The van der Waals surface area contributed by atoms with Crippen LogP contribution < -0.4 is 0 Å². The maximum Gasteiger partial charge on any atom is 0.0925 e. The minimum atomic E-state index is -0.227. The first-order valence-electron chi connectivity index (χ1n) is 1.33. The molecule has 0 fully saturated rings. The van der Waals surface area contributed by atoms with Gasteiger partial charge in [-0.25, -0.2) is 0 Å². The lowest BCUT2D eigenvalue weighted by molar-refractivity contribution is 1.28. The molecular weight excluding hydrogens is 83.5 g/mol. The van der Waals surface area contributed by atoms with Crippen LogP contribution in [0.2, 0.25) is 0 Å². The number of halogens is 1. The van der Waals surface area contributed by atoms with Crippen molar-refractivity contribution in [1.82, 2.24) is 0 Å². The second-order valence-corrected chi connectivity index (χ2v) is 1.41. The molecule has 0 aliphatic rings. The Balaban J connectivity index is 2.94. The van der Waals surface area contributed by atoms with Gasteiger partial charge in [0, 0.05) is 0 Å². The maximum absolute atomic E-state index is 6.28. The van der Waals surface area contributed by atoms with Crippen LogP contribution in [0.4, 0.5) is 0 Å². The van der Waals surface area contributed by atoms with Gasteiger partial charge >= 0.3 is 0 Å². The molecule has 0 aromatic rings. The maximum atomic E-state index is 6.28. The van der Waals surface area contributed by atoms with Crippen LogP contribution in [-0.2, 0) is 0 Å². The van der Waals surface area contributed by atoms with E-state index in [-0.39, 0.29) is 5.38 Å². The van der Waals surface area contributed by atoms with Crippen LogP contribution >= 0.6 is 11.6 Å². The van der Waals surface area contributed by atoms with E-state index < -0.39 is 0 Å². The van der Waals surface area contributed by atoms with Gasteiger partial charge in [0.2, 0.25) is 0 Å². The Kier molecular flexibility index (Phi) is 2.05. The third-order valence-corrected chi connectivity index (χ3v) is 0.308. The van der Waals surface area contributed by atoms with Gasteiger partial charge in [0.05, 0.1) is 5.38 Å². The summed E-state index contributed by atoms with van der Waals surface area (Å²) >= 11 is 5.16.